The Morgan fingerprint density at radius 2 is 1.97 bits per heavy atom. The minimum Gasteiger partial charge on any atom is -0.396 e. The molecule has 0 amide bonds. The lowest BCUT2D eigenvalue weighted by Gasteiger charge is -2.12. The van der Waals surface area contributed by atoms with E-state index in [1.807, 2.05) is 31.2 Å². The molecule has 3 aromatic heterocycles. The lowest BCUT2D eigenvalue weighted by molar-refractivity contribution is 0.273. The van der Waals surface area contributed by atoms with E-state index in [2.05, 4.69) is 9.97 Å². The van der Waals surface area contributed by atoms with Crippen LogP contribution in [0.2, 0.25) is 5.02 Å². The van der Waals surface area contributed by atoms with Crippen molar-refractivity contribution in [1.29, 1.82) is 0 Å². The van der Waals surface area contributed by atoms with Crippen molar-refractivity contribution in [2.75, 3.05) is 6.61 Å². The average molecular weight is 428 g/mol. The molecular weight excluding hydrogens is 409 g/mol. The highest BCUT2D eigenvalue weighted by Crippen LogP contribution is 2.38. The Morgan fingerprint density at radius 1 is 1.17 bits per heavy atom. The molecule has 7 heteroatoms. The molecule has 0 fully saturated rings. The van der Waals surface area contributed by atoms with E-state index in [1.54, 1.807) is 24.5 Å². The molecule has 0 spiro atoms. The van der Waals surface area contributed by atoms with Gasteiger partial charge in [0.1, 0.15) is 5.82 Å². The number of hydrogen-bond acceptors (Lipinski definition) is 5. The van der Waals surface area contributed by atoms with E-state index in [0.717, 1.165) is 31.9 Å². The van der Waals surface area contributed by atoms with E-state index in [4.69, 9.17) is 17.3 Å². The molecule has 4 nitrogen and oxygen atoms in total. The first-order valence-corrected chi connectivity index (χ1v) is 10.3. The van der Waals surface area contributed by atoms with Crippen LogP contribution >= 0.6 is 22.9 Å². The molecule has 0 saturated heterocycles. The molecular formula is C22H19ClFN3OS. The molecule has 3 heterocycles. The quantitative estimate of drug-likeness (QED) is 0.453. The minimum atomic E-state index is -0.690. The molecule has 2 unspecified atom stereocenters. The van der Waals surface area contributed by atoms with Gasteiger partial charge in [0.2, 0.25) is 0 Å². The van der Waals surface area contributed by atoms with Crippen molar-refractivity contribution in [3.63, 3.8) is 0 Å². The molecule has 0 bridgehead atoms. The molecule has 0 aliphatic heterocycles. The van der Waals surface area contributed by atoms with E-state index in [-0.39, 0.29) is 18.1 Å². The van der Waals surface area contributed by atoms with E-state index in [9.17, 15) is 9.50 Å². The fourth-order valence-electron chi connectivity index (χ4n) is 3.27. The van der Waals surface area contributed by atoms with Crippen molar-refractivity contribution in [2.45, 2.75) is 18.9 Å². The van der Waals surface area contributed by atoms with E-state index in [1.165, 1.54) is 17.4 Å². The topological polar surface area (TPSA) is 72.0 Å². The second-order valence-electron chi connectivity index (χ2n) is 6.89. The third kappa shape index (κ3) is 3.76. The standard InChI is InChI=1S/C22H19ClFN3OS/c1-12(11-28)13-5-7-26-17(9-13)14-6-8-27-18-10-19(29-22(14)18)21(25)20-15(23)3-2-4-16(20)24/h2-10,12,21,28H,11,25H2,1H3. The summed E-state index contributed by atoms with van der Waals surface area (Å²) < 4.78 is 15.3. The number of pyridine rings is 2. The van der Waals surface area contributed by atoms with Gasteiger partial charge in [-0.1, -0.05) is 24.6 Å². The van der Waals surface area contributed by atoms with Crippen molar-refractivity contribution in [2.24, 2.45) is 5.73 Å². The zero-order valence-corrected chi connectivity index (χ0v) is 17.2. The van der Waals surface area contributed by atoms with Crippen LogP contribution < -0.4 is 5.73 Å². The van der Waals surface area contributed by atoms with Gasteiger partial charge in [-0.3, -0.25) is 9.97 Å². The summed E-state index contributed by atoms with van der Waals surface area (Å²) in [5.74, 6) is -0.410. The van der Waals surface area contributed by atoms with Gasteiger partial charge in [0.15, 0.2) is 0 Å². The number of fused-ring (bicyclic) bond motifs is 1. The van der Waals surface area contributed by atoms with Gasteiger partial charge >= 0.3 is 0 Å². The number of aliphatic hydroxyl groups excluding tert-OH is 1. The Bertz CT molecular complexity index is 1160. The van der Waals surface area contributed by atoms with Gasteiger partial charge in [-0.05, 0) is 42.0 Å². The number of rotatable bonds is 5. The van der Waals surface area contributed by atoms with Crippen LogP contribution in [0.15, 0.2) is 54.9 Å². The first kappa shape index (κ1) is 19.9. The summed E-state index contributed by atoms with van der Waals surface area (Å²) in [4.78, 5) is 9.72. The first-order chi connectivity index (χ1) is 14.0. The van der Waals surface area contributed by atoms with E-state index < -0.39 is 11.9 Å². The number of benzene rings is 1. The molecule has 148 valence electrons. The third-order valence-corrected chi connectivity index (χ3v) is 6.52. The van der Waals surface area contributed by atoms with Crippen molar-refractivity contribution < 1.29 is 9.50 Å². The van der Waals surface area contributed by atoms with Gasteiger partial charge in [0, 0.05) is 45.9 Å². The largest absolute Gasteiger partial charge is 0.396 e. The second-order valence-corrected chi connectivity index (χ2v) is 8.38. The summed E-state index contributed by atoms with van der Waals surface area (Å²) in [5.41, 5.74) is 10.1. The van der Waals surface area contributed by atoms with Crippen LogP contribution in [0.3, 0.4) is 0 Å². The van der Waals surface area contributed by atoms with Crippen molar-refractivity contribution >= 4 is 33.2 Å². The number of halogens is 2. The van der Waals surface area contributed by atoms with Crippen LogP contribution in [-0.2, 0) is 0 Å². The number of aromatic nitrogens is 2. The van der Waals surface area contributed by atoms with Gasteiger partial charge < -0.3 is 10.8 Å². The van der Waals surface area contributed by atoms with Gasteiger partial charge in [-0.2, -0.15) is 0 Å². The Balaban J connectivity index is 1.81. The molecule has 0 aliphatic carbocycles. The predicted molar refractivity (Wildman–Crippen MR) is 116 cm³/mol. The SMILES string of the molecule is CC(CO)c1ccnc(-c2ccnc3cc(C(N)c4c(F)cccc4Cl)sc23)c1. The maximum Gasteiger partial charge on any atom is 0.129 e. The monoisotopic (exact) mass is 427 g/mol. The van der Waals surface area contributed by atoms with Crippen molar-refractivity contribution in [3.05, 3.63) is 81.7 Å². The van der Waals surface area contributed by atoms with Crippen LogP contribution in [0.1, 0.15) is 34.9 Å². The Hall–Kier alpha value is -2.38. The Morgan fingerprint density at radius 3 is 2.72 bits per heavy atom. The summed E-state index contributed by atoms with van der Waals surface area (Å²) in [7, 11) is 0. The molecule has 29 heavy (non-hydrogen) atoms. The number of aliphatic hydroxyl groups is 1. The summed E-state index contributed by atoms with van der Waals surface area (Å²) >= 11 is 7.66. The summed E-state index contributed by atoms with van der Waals surface area (Å²) in [6.07, 6.45) is 3.46. The first-order valence-electron chi connectivity index (χ1n) is 9.14. The molecule has 1 aromatic carbocycles. The highest BCUT2D eigenvalue weighted by molar-refractivity contribution is 7.19. The molecule has 3 N–H and O–H groups in total. The van der Waals surface area contributed by atoms with Gasteiger partial charge in [-0.25, -0.2) is 4.39 Å². The zero-order valence-electron chi connectivity index (χ0n) is 15.6. The molecule has 4 rings (SSSR count). The summed E-state index contributed by atoms with van der Waals surface area (Å²) in [5, 5.41) is 9.76. The number of nitrogens with two attached hydrogens (primary N) is 1. The highest BCUT2D eigenvalue weighted by Gasteiger charge is 2.21. The minimum absolute atomic E-state index is 0.0181. The van der Waals surface area contributed by atoms with Crippen LogP contribution in [0.5, 0.6) is 0 Å². The van der Waals surface area contributed by atoms with Crippen LogP contribution in [-0.4, -0.2) is 21.7 Å². The maximum absolute atomic E-state index is 14.3. The fraction of sp³-hybridized carbons (Fsp3) is 0.182. The van der Waals surface area contributed by atoms with Gasteiger partial charge in [-0.15, -0.1) is 11.3 Å². The number of thiophene rings is 1. The molecule has 2 atom stereocenters. The average Bonchev–Trinajstić information content (AvgIpc) is 3.17. The van der Waals surface area contributed by atoms with E-state index >= 15 is 0 Å². The normalized spacial score (nSPS) is 13.6. The molecule has 0 aliphatic rings. The predicted octanol–water partition coefficient (Wildman–Crippen LogP) is 5.29. The van der Waals surface area contributed by atoms with Crippen molar-refractivity contribution in [1.82, 2.24) is 9.97 Å². The van der Waals surface area contributed by atoms with E-state index in [0.29, 0.717) is 5.02 Å². The van der Waals surface area contributed by atoms with Crippen LogP contribution in [0, 0.1) is 5.82 Å². The Kier molecular flexibility index (Phi) is 5.61. The van der Waals surface area contributed by atoms with Crippen LogP contribution in [0.25, 0.3) is 21.5 Å². The molecule has 4 aromatic rings. The maximum atomic E-state index is 14.3. The van der Waals surface area contributed by atoms with Crippen LogP contribution in [0.4, 0.5) is 4.39 Å². The van der Waals surface area contributed by atoms with Crippen molar-refractivity contribution in [3.8, 4) is 11.3 Å². The fourth-order valence-corrected chi connectivity index (χ4v) is 4.70. The lowest BCUT2D eigenvalue weighted by Crippen LogP contribution is -2.12. The third-order valence-electron chi connectivity index (χ3n) is 4.95. The highest BCUT2D eigenvalue weighted by atomic mass is 35.5. The Labute approximate surface area is 176 Å². The van der Waals surface area contributed by atoms with Gasteiger partial charge in [0.05, 0.1) is 22.0 Å². The molecule has 0 radical (unpaired) electrons. The number of hydrogen-bond donors (Lipinski definition) is 2. The molecule has 0 saturated carbocycles. The second kappa shape index (κ2) is 8.16. The lowest BCUT2D eigenvalue weighted by atomic mass is 10.0. The number of nitrogens with zero attached hydrogens (tertiary/aromatic N) is 2. The summed E-state index contributed by atoms with van der Waals surface area (Å²) in [6.45, 7) is 2.03. The smallest absolute Gasteiger partial charge is 0.129 e. The van der Waals surface area contributed by atoms with Gasteiger partial charge in [0.25, 0.3) is 0 Å². The zero-order chi connectivity index (χ0) is 20.5. The summed E-state index contributed by atoms with van der Waals surface area (Å²) in [6, 6.07) is 11.5.